The molecule has 0 atom stereocenters. The van der Waals surface area contributed by atoms with Crippen LogP contribution in [0, 0.1) is 5.92 Å². The Morgan fingerprint density at radius 1 is 0.962 bits per heavy atom. The zero-order valence-electron chi connectivity index (χ0n) is 15.3. The summed E-state index contributed by atoms with van der Waals surface area (Å²) >= 11 is 0. The summed E-state index contributed by atoms with van der Waals surface area (Å²) < 4.78 is 0. The van der Waals surface area contributed by atoms with Crippen LogP contribution in [0.2, 0.25) is 0 Å². The van der Waals surface area contributed by atoms with E-state index in [9.17, 15) is 14.4 Å². The molecule has 1 aromatic rings. The number of rotatable bonds is 2. The van der Waals surface area contributed by atoms with Crippen LogP contribution in [-0.2, 0) is 9.59 Å². The smallest absolute Gasteiger partial charge is 0.255 e. The van der Waals surface area contributed by atoms with Gasteiger partial charge in [0, 0.05) is 64.5 Å². The lowest BCUT2D eigenvalue weighted by Crippen LogP contribution is -2.45. The summed E-state index contributed by atoms with van der Waals surface area (Å²) in [6.07, 6.45) is 5.47. The summed E-state index contributed by atoms with van der Waals surface area (Å²) in [6, 6.07) is 3.53. The van der Waals surface area contributed by atoms with Crippen molar-refractivity contribution < 1.29 is 14.4 Å². The molecule has 2 aliphatic heterocycles. The third-order valence-corrected chi connectivity index (χ3v) is 5.29. The second-order valence-electron chi connectivity index (χ2n) is 6.99. The van der Waals surface area contributed by atoms with E-state index in [2.05, 4.69) is 4.98 Å². The maximum absolute atomic E-state index is 12.8. The Morgan fingerprint density at radius 2 is 1.65 bits per heavy atom. The van der Waals surface area contributed by atoms with Crippen LogP contribution in [0.4, 0.5) is 0 Å². The van der Waals surface area contributed by atoms with Gasteiger partial charge >= 0.3 is 0 Å². The highest BCUT2D eigenvalue weighted by molar-refractivity contribution is 5.94. The van der Waals surface area contributed by atoms with Crippen molar-refractivity contribution in [3.05, 3.63) is 30.1 Å². The third kappa shape index (κ3) is 4.20. The summed E-state index contributed by atoms with van der Waals surface area (Å²) in [4.78, 5) is 46.4. The number of pyridine rings is 1. The fraction of sp³-hybridized carbons (Fsp3) is 0.579. The molecule has 0 aliphatic carbocycles. The van der Waals surface area contributed by atoms with Crippen LogP contribution in [0.15, 0.2) is 24.5 Å². The van der Waals surface area contributed by atoms with Gasteiger partial charge in [0.05, 0.1) is 5.56 Å². The molecule has 2 saturated heterocycles. The molecule has 26 heavy (non-hydrogen) atoms. The lowest BCUT2D eigenvalue weighted by molar-refractivity contribution is -0.140. The molecule has 0 spiro atoms. The molecule has 3 rings (SSSR count). The molecule has 7 heteroatoms. The molecular formula is C19H26N4O3. The van der Waals surface area contributed by atoms with Crippen LogP contribution in [0.25, 0.3) is 0 Å². The quantitative estimate of drug-likeness (QED) is 0.791. The number of carbonyl (C=O) groups is 3. The van der Waals surface area contributed by atoms with Crippen molar-refractivity contribution >= 4 is 17.7 Å². The molecular weight excluding hydrogens is 332 g/mol. The van der Waals surface area contributed by atoms with Gasteiger partial charge in [-0.25, -0.2) is 0 Å². The molecule has 2 aliphatic rings. The maximum Gasteiger partial charge on any atom is 0.255 e. The van der Waals surface area contributed by atoms with E-state index in [0.29, 0.717) is 44.8 Å². The van der Waals surface area contributed by atoms with E-state index >= 15 is 0 Å². The van der Waals surface area contributed by atoms with Crippen molar-refractivity contribution in [1.29, 1.82) is 0 Å². The number of amides is 3. The molecule has 1 aromatic heterocycles. The van der Waals surface area contributed by atoms with Gasteiger partial charge in [-0.3, -0.25) is 19.4 Å². The lowest BCUT2D eigenvalue weighted by Gasteiger charge is -2.33. The summed E-state index contributed by atoms with van der Waals surface area (Å²) in [7, 11) is 0. The lowest BCUT2D eigenvalue weighted by atomic mass is 9.95. The van der Waals surface area contributed by atoms with Gasteiger partial charge in [-0.05, 0) is 31.4 Å². The fourth-order valence-electron chi connectivity index (χ4n) is 3.71. The number of aromatic nitrogens is 1. The van der Waals surface area contributed by atoms with Crippen molar-refractivity contribution in [1.82, 2.24) is 19.7 Å². The third-order valence-electron chi connectivity index (χ3n) is 5.29. The van der Waals surface area contributed by atoms with Crippen molar-refractivity contribution in [3.63, 3.8) is 0 Å². The zero-order chi connectivity index (χ0) is 18.5. The first kappa shape index (κ1) is 18.4. The SMILES string of the molecule is CC(=O)N1CCC(C(=O)N2CCCN(C(=O)c3cccnc3)CC2)CC1. The van der Waals surface area contributed by atoms with E-state index in [-0.39, 0.29) is 23.6 Å². The monoisotopic (exact) mass is 358 g/mol. The van der Waals surface area contributed by atoms with Gasteiger partial charge in [0.15, 0.2) is 0 Å². The normalized spacial score (nSPS) is 19.2. The maximum atomic E-state index is 12.8. The largest absolute Gasteiger partial charge is 0.343 e. The molecule has 0 N–H and O–H groups in total. The summed E-state index contributed by atoms with van der Waals surface area (Å²) in [5.74, 6) is 0.215. The molecule has 0 radical (unpaired) electrons. The molecule has 140 valence electrons. The predicted molar refractivity (Wildman–Crippen MR) is 96.3 cm³/mol. The average molecular weight is 358 g/mol. The first-order chi connectivity index (χ1) is 12.6. The van der Waals surface area contributed by atoms with Crippen molar-refractivity contribution in [2.24, 2.45) is 5.92 Å². The van der Waals surface area contributed by atoms with E-state index in [1.165, 1.54) is 0 Å². The summed E-state index contributed by atoms with van der Waals surface area (Å²) in [5, 5.41) is 0. The fourth-order valence-corrected chi connectivity index (χ4v) is 3.71. The molecule has 3 heterocycles. The molecule has 0 aromatic carbocycles. The molecule has 7 nitrogen and oxygen atoms in total. The molecule has 3 amide bonds. The van der Waals surface area contributed by atoms with E-state index in [1.54, 1.807) is 36.4 Å². The van der Waals surface area contributed by atoms with E-state index in [0.717, 1.165) is 19.3 Å². The van der Waals surface area contributed by atoms with Crippen molar-refractivity contribution in [2.45, 2.75) is 26.2 Å². The van der Waals surface area contributed by atoms with Crippen LogP contribution < -0.4 is 0 Å². The van der Waals surface area contributed by atoms with Gasteiger partial charge < -0.3 is 14.7 Å². The van der Waals surface area contributed by atoms with Gasteiger partial charge in [-0.1, -0.05) is 0 Å². The number of carbonyl (C=O) groups excluding carboxylic acids is 3. The first-order valence-corrected chi connectivity index (χ1v) is 9.30. The van der Waals surface area contributed by atoms with E-state index < -0.39 is 0 Å². The van der Waals surface area contributed by atoms with Crippen molar-refractivity contribution in [3.8, 4) is 0 Å². The minimum Gasteiger partial charge on any atom is -0.343 e. The minimum atomic E-state index is -0.0258. The van der Waals surface area contributed by atoms with Crippen LogP contribution in [0.5, 0.6) is 0 Å². The molecule has 0 saturated carbocycles. The first-order valence-electron chi connectivity index (χ1n) is 9.30. The van der Waals surface area contributed by atoms with E-state index in [1.807, 2.05) is 9.80 Å². The van der Waals surface area contributed by atoms with Gasteiger partial charge in [-0.2, -0.15) is 0 Å². The zero-order valence-corrected chi connectivity index (χ0v) is 15.3. The average Bonchev–Trinajstić information content (AvgIpc) is 2.94. The van der Waals surface area contributed by atoms with Crippen LogP contribution in [0.3, 0.4) is 0 Å². The Balaban J connectivity index is 1.54. The summed E-state index contributed by atoms with van der Waals surface area (Å²) in [5.41, 5.74) is 0.587. The standard InChI is InChI=1S/C19H26N4O3/c1-15(24)21-10-5-16(6-11-21)18(25)22-8-3-9-23(13-12-22)19(26)17-4-2-7-20-14-17/h2,4,7,14,16H,3,5-6,8-13H2,1H3. The van der Waals surface area contributed by atoms with Gasteiger partial charge in [0.2, 0.25) is 11.8 Å². The Bertz CT molecular complexity index is 656. The van der Waals surface area contributed by atoms with Crippen LogP contribution in [0.1, 0.15) is 36.5 Å². The van der Waals surface area contributed by atoms with Gasteiger partial charge in [-0.15, -0.1) is 0 Å². The second-order valence-corrected chi connectivity index (χ2v) is 6.99. The number of hydrogen-bond donors (Lipinski definition) is 0. The Kier molecular flexibility index (Phi) is 5.85. The number of nitrogens with zero attached hydrogens (tertiary/aromatic N) is 4. The Labute approximate surface area is 154 Å². The predicted octanol–water partition coefficient (Wildman–Crippen LogP) is 1.01. The van der Waals surface area contributed by atoms with Gasteiger partial charge in [0.25, 0.3) is 5.91 Å². The van der Waals surface area contributed by atoms with Crippen LogP contribution in [-0.4, -0.2) is 76.7 Å². The second kappa shape index (κ2) is 8.29. The number of likely N-dealkylation sites (tertiary alicyclic amines) is 1. The topological polar surface area (TPSA) is 73.8 Å². The van der Waals surface area contributed by atoms with Crippen molar-refractivity contribution in [2.75, 3.05) is 39.3 Å². The Hall–Kier alpha value is -2.44. The number of hydrogen-bond acceptors (Lipinski definition) is 4. The molecule has 2 fully saturated rings. The van der Waals surface area contributed by atoms with Crippen LogP contribution >= 0.6 is 0 Å². The highest BCUT2D eigenvalue weighted by atomic mass is 16.2. The van der Waals surface area contributed by atoms with Gasteiger partial charge in [0.1, 0.15) is 0 Å². The highest BCUT2D eigenvalue weighted by Crippen LogP contribution is 2.21. The Morgan fingerprint density at radius 3 is 2.31 bits per heavy atom. The highest BCUT2D eigenvalue weighted by Gasteiger charge is 2.30. The van der Waals surface area contributed by atoms with E-state index in [4.69, 9.17) is 0 Å². The number of piperidine rings is 1. The summed E-state index contributed by atoms with van der Waals surface area (Å²) in [6.45, 7) is 5.34. The minimum absolute atomic E-state index is 0.00817. The molecule has 0 bridgehead atoms. The molecule has 0 unspecified atom stereocenters.